The van der Waals surface area contributed by atoms with Crippen molar-refractivity contribution < 1.29 is 13.9 Å². The van der Waals surface area contributed by atoms with Gasteiger partial charge < -0.3 is 9.64 Å². The Morgan fingerprint density at radius 1 is 1.61 bits per heavy atom. The molecule has 1 aliphatic heterocycles. The molecule has 1 aliphatic rings. The van der Waals surface area contributed by atoms with Gasteiger partial charge in [-0.2, -0.15) is 0 Å². The standard InChI is InChI=1S/C14H14FNO2/c1-3-10-7-13(17)16(8-10)9-11-5-4-6-12(18-2)14(11)15/h1,4-6,10H,7-9H2,2H3. The van der Waals surface area contributed by atoms with E-state index < -0.39 is 5.82 Å². The fraction of sp³-hybridized carbons (Fsp3) is 0.357. The van der Waals surface area contributed by atoms with E-state index in [2.05, 4.69) is 5.92 Å². The van der Waals surface area contributed by atoms with E-state index in [0.717, 1.165) is 0 Å². The van der Waals surface area contributed by atoms with Gasteiger partial charge in [0, 0.05) is 31.0 Å². The van der Waals surface area contributed by atoms with Crippen molar-refractivity contribution in [1.82, 2.24) is 4.90 Å². The monoisotopic (exact) mass is 247 g/mol. The first-order valence-corrected chi connectivity index (χ1v) is 5.71. The van der Waals surface area contributed by atoms with E-state index in [0.29, 0.717) is 18.5 Å². The first-order chi connectivity index (χ1) is 8.65. The van der Waals surface area contributed by atoms with Gasteiger partial charge in [0.05, 0.1) is 7.11 Å². The third kappa shape index (κ3) is 2.30. The number of carbonyl (C=O) groups excluding carboxylic acids is 1. The highest BCUT2D eigenvalue weighted by molar-refractivity contribution is 5.79. The van der Waals surface area contributed by atoms with Gasteiger partial charge in [-0.3, -0.25) is 4.79 Å². The number of carbonyl (C=O) groups is 1. The van der Waals surface area contributed by atoms with Crippen molar-refractivity contribution in [3.05, 3.63) is 29.6 Å². The number of ether oxygens (including phenoxy) is 1. The highest BCUT2D eigenvalue weighted by Gasteiger charge is 2.28. The van der Waals surface area contributed by atoms with Crippen molar-refractivity contribution in [1.29, 1.82) is 0 Å². The van der Waals surface area contributed by atoms with Gasteiger partial charge in [0.1, 0.15) is 0 Å². The lowest BCUT2D eigenvalue weighted by molar-refractivity contribution is -0.128. The maximum absolute atomic E-state index is 13.9. The Hall–Kier alpha value is -2.02. The SMILES string of the molecule is C#CC1CC(=O)N(Cc2cccc(OC)c2F)C1. The van der Waals surface area contributed by atoms with Crippen LogP contribution in [0.3, 0.4) is 0 Å². The van der Waals surface area contributed by atoms with Gasteiger partial charge in [-0.05, 0) is 6.07 Å². The van der Waals surface area contributed by atoms with E-state index >= 15 is 0 Å². The van der Waals surface area contributed by atoms with Gasteiger partial charge in [-0.25, -0.2) is 4.39 Å². The first-order valence-electron chi connectivity index (χ1n) is 5.71. The number of terminal acetylenes is 1. The summed E-state index contributed by atoms with van der Waals surface area (Å²) in [5.74, 6) is 2.24. The molecule has 4 heteroatoms. The van der Waals surface area contributed by atoms with E-state index in [1.807, 2.05) is 0 Å². The van der Waals surface area contributed by atoms with Gasteiger partial charge in [0.2, 0.25) is 5.91 Å². The number of hydrogen-bond donors (Lipinski definition) is 0. The van der Waals surface area contributed by atoms with Gasteiger partial charge in [-0.1, -0.05) is 12.1 Å². The molecule has 1 saturated heterocycles. The maximum Gasteiger partial charge on any atom is 0.224 e. The van der Waals surface area contributed by atoms with E-state index in [9.17, 15) is 9.18 Å². The van der Waals surface area contributed by atoms with Crippen LogP contribution in [0.2, 0.25) is 0 Å². The number of hydrogen-bond acceptors (Lipinski definition) is 2. The predicted molar refractivity (Wildman–Crippen MR) is 65.3 cm³/mol. The zero-order valence-corrected chi connectivity index (χ0v) is 10.1. The van der Waals surface area contributed by atoms with Gasteiger partial charge in [-0.15, -0.1) is 12.3 Å². The molecule has 1 unspecified atom stereocenters. The molecule has 1 aromatic carbocycles. The van der Waals surface area contributed by atoms with Crippen molar-refractivity contribution in [2.75, 3.05) is 13.7 Å². The van der Waals surface area contributed by atoms with Crippen LogP contribution in [0.25, 0.3) is 0 Å². The molecule has 0 spiro atoms. The topological polar surface area (TPSA) is 29.5 Å². The Kier molecular flexibility index (Phi) is 3.52. The highest BCUT2D eigenvalue weighted by atomic mass is 19.1. The average molecular weight is 247 g/mol. The van der Waals surface area contributed by atoms with Crippen LogP contribution in [-0.2, 0) is 11.3 Å². The molecule has 0 aromatic heterocycles. The molecule has 0 bridgehead atoms. The normalized spacial score (nSPS) is 18.8. The first kappa shape index (κ1) is 12.4. The summed E-state index contributed by atoms with van der Waals surface area (Å²) in [7, 11) is 1.41. The van der Waals surface area contributed by atoms with E-state index in [1.165, 1.54) is 7.11 Å². The Balaban J connectivity index is 2.16. The minimum absolute atomic E-state index is 0.0276. The quantitative estimate of drug-likeness (QED) is 0.762. The second-order valence-corrected chi connectivity index (χ2v) is 4.28. The summed E-state index contributed by atoms with van der Waals surface area (Å²) in [4.78, 5) is 13.3. The highest BCUT2D eigenvalue weighted by Crippen LogP contribution is 2.24. The Morgan fingerprint density at radius 2 is 2.39 bits per heavy atom. The lowest BCUT2D eigenvalue weighted by atomic mass is 10.1. The smallest absolute Gasteiger partial charge is 0.224 e. The van der Waals surface area contributed by atoms with Crippen LogP contribution in [0.15, 0.2) is 18.2 Å². The number of benzene rings is 1. The van der Waals surface area contributed by atoms with E-state index in [1.54, 1.807) is 23.1 Å². The third-order valence-corrected chi connectivity index (χ3v) is 3.07. The van der Waals surface area contributed by atoms with Crippen LogP contribution in [0.1, 0.15) is 12.0 Å². The van der Waals surface area contributed by atoms with Crippen molar-refractivity contribution in [2.45, 2.75) is 13.0 Å². The molecule has 0 radical (unpaired) electrons. The van der Waals surface area contributed by atoms with Gasteiger partial charge in [0.25, 0.3) is 0 Å². The number of nitrogens with zero attached hydrogens (tertiary/aromatic N) is 1. The second kappa shape index (κ2) is 5.09. The summed E-state index contributed by atoms with van der Waals surface area (Å²) < 4.78 is 18.8. The number of halogens is 1. The summed E-state index contributed by atoms with van der Waals surface area (Å²) in [5.41, 5.74) is 0.445. The molecular formula is C14H14FNO2. The molecular weight excluding hydrogens is 233 g/mol. The van der Waals surface area contributed by atoms with Crippen LogP contribution in [-0.4, -0.2) is 24.5 Å². The molecule has 1 fully saturated rings. The predicted octanol–water partition coefficient (Wildman–Crippen LogP) is 1.82. The number of amides is 1. The number of methoxy groups -OCH3 is 1. The lowest BCUT2D eigenvalue weighted by Crippen LogP contribution is -2.25. The molecule has 2 rings (SSSR count). The number of rotatable bonds is 3. The van der Waals surface area contributed by atoms with Crippen molar-refractivity contribution in [2.24, 2.45) is 5.92 Å². The summed E-state index contributed by atoms with van der Waals surface area (Å²) in [6.07, 6.45) is 5.65. The minimum Gasteiger partial charge on any atom is -0.494 e. The van der Waals surface area contributed by atoms with Crippen LogP contribution in [0.5, 0.6) is 5.75 Å². The van der Waals surface area contributed by atoms with Gasteiger partial charge >= 0.3 is 0 Å². The van der Waals surface area contributed by atoms with Gasteiger partial charge in [0.15, 0.2) is 11.6 Å². The molecule has 1 amide bonds. The Morgan fingerprint density at radius 3 is 3.00 bits per heavy atom. The fourth-order valence-electron chi connectivity index (χ4n) is 2.08. The van der Waals surface area contributed by atoms with Crippen molar-refractivity contribution in [3.63, 3.8) is 0 Å². The summed E-state index contributed by atoms with van der Waals surface area (Å²) in [6.45, 7) is 0.728. The maximum atomic E-state index is 13.9. The molecule has 1 heterocycles. The molecule has 0 aliphatic carbocycles. The van der Waals surface area contributed by atoms with Crippen LogP contribution < -0.4 is 4.74 Å². The van der Waals surface area contributed by atoms with Crippen molar-refractivity contribution >= 4 is 5.91 Å². The Labute approximate surface area is 106 Å². The zero-order valence-electron chi connectivity index (χ0n) is 10.1. The largest absolute Gasteiger partial charge is 0.494 e. The van der Waals surface area contributed by atoms with Crippen LogP contribution in [0, 0.1) is 24.1 Å². The average Bonchev–Trinajstić information content (AvgIpc) is 2.73. The fourth-order valence-corrected chi connectivity index (χ4v) is 2.08. The van der Waals surface area contributed by atoms with Crippen LogP contribution in [0.4, 0.5) is 4.39 Å². The van der Waals surface area contributed by atoms with E-state index in [4.69, 9.17) is 11.2 Å². The summed E-state index contributed by atoms with van der Waals surface area (Å²) >= 11 is 0. The summed E-state index contributed by atoms with van der Waals surface area (Å²) in [5, 5.41) is 0. The molecule has 3 nitrogen and oxygen atoms in total. The second-order valence-electron chi connectivity index (χ2n) is 4.28. The molecule has 0 saturated carbocycles. The summed E-state index contributed by atoms with van der Waals surface area (Å²) in [6, 6.07) is 4.90. The molecule has 1 aromatic rings. The number of likely N-dealkylation sites (tertiary alicyclic amines) is 1. The lowest BCUT2D eigenvalue weighted by Gasteiger charge is -2.17. The zero-order chi connectivity index (χ0) is 13.1. The minimum atomic E-state index is -0.419. The molecule has 0 N–H and O–H groups in total. The van der Waals surface area contributed by atoms with Crippen molar-refractivity contribution in [3.8, 4) is 18.1 Å². The Bertz CT molecular complexity index is 507. The van der Waals surface area contributed by atoms with Crippen LogP contribution >= 0.6 is 0 Å². The third-order valence-electron chi connectivity index (χ3n) is 3.07. The molecule has 1 atom stereocenters. The molecule has 18 heavy (non-hydrogen) atoms. The molecule has 94 valence electrons. The van der Waals surface area contributed by atoms with E-state index in [-0.39, 0.29) is 24.1 Å².